The number of aromatic nitrogens is 1. The molecule has 0 N–H and O–H groups in total. The van der Waals surface area contributed by atoms with E-state index in [1.54, 1.807) is 0 Å². The highest BCUT2D eigenvalue weighted by molar-refractivity contribution is 7.25. The summed E-state index contributed by atoms with van der Waals surface area (Å²) >= 11 is 1.85. The Morgan fingerprint density at radius 3 is 2.04 bits per heavy atom. The summed E-state index contributed by atoms with van der Waals surface area (Å²) in [5.41, 5.74) is 8.56. The van der Waals surface area contributed by atoms with Crippen molar-refractivity contribution in [2.75, 3.05) is 4.90 Å². The second kappa shape index (κ2) is 9.83. The van der Waals surface area contributed by atoms with Crippen LogP contribution in [0.15, 0.2) is 162 Å². The Kier molecular flexibility index (Phi) is 5.45. The van der Waals surface area contributed by atoms with Gasteiger partial charge < -0.3 is 13.9 Å². The molecule has 0 amide bonds. The smallest absolute Gasteiger partial charge is 0.137 e. The lowest BCUT2D eigenvalue weighted by Gasteiger charge is -2.26. The van der Waals surface area contributed by atoms with Crippen LogP contribution in [0.1, 0.15) is 0 Å². The first-order chi connectivity index (χ1) is 22.8. The maximum absolute atomic E-state index is 6.39. The van der Waals surface area contributed by atoms with Gasteiger partial charge in [0.05, 0.1) is 22.1 Å². The Hall–Kier alpha value is -5.84. The van der Waals surface area contributed by atoms with E-state index in [1.807, 2.05) is 17.4 Å². The highest BCUT2D eigenvalue weighted by Crippen LogP contribution is 2.46. The van der Waals surface area contributed by atoms with Crippen molar-refractivity contribution in [1.29, 1.82) is 0 Å². The fourth-order valence-electron chi connectivity index (χ4n) is 7.18. The van der Waals surface area contributed by atoms with Gasteiger partial charge in [-0.25, -0.2) is 0 Å². The van der Waals surface area contributed by atoms with Crippen molar-refractivity contribution in [3.8, 4) is 5.69 Å². The maximum atomic E-state index is 6.39. The first-order valence-electron chi connectivity index (χ1n) is 15.5. The molecule has 0 fully saturated rings. The fraction of sp³-hybridized carbons (Fsp3) is 0. The zero-order chi connectivity index (χ0) is 30.2. The SMILES string of the molecule is c1ccc(-n2c3ccccc3c3ccc(N(c4ccc5sc6ccccc6c5c4)c4cccc5oc6ccccc6c45)cc32)cc1. The van der Waals surface area contributed by atoms with E-state index in [4.69, 9.17) is 4.42 Å². The van der Waals surface area contributed by atoms with Crippen LogP contribution in [0.25, 0.3) is 69.6 Å². The van der Waals surface area contributed by atoms with Gasteiger partial charge in [0.1, 0.15) is 11.2 Å². The second-order valence-electron chi connectivity index (χ2n) is 11.8. The van der Waals surface area contributed by atoms with Crippen LogP contribution in [0.3, 0.4) is 0 Å². The summed E-state index contributed by atoms with van der Waals surface area (Å²) in [6.45, 7) is 0. The Labute approximate surface area is 268 Å². The maximum Gasteiger partial charge on any atom is 0.137 e. The van der Waals surface area contributed by atoms with E-state index in [0.29, 0.717) is 0 Å². The van der Waals surface area contributed by atoms with Crippen LogP contribution >= 0.6 is 11.3 Å². The van der Waals surface area contributed by atoms with Gasteiger partial charge in [0.15, 0.2) is 0 Å². The third-order valence-corrected chi connectivity index (χ3v) is 10.3. The molecular formula is C42H26N2OS. The normalized spacial score (nSPS) is 11.9. The molecule has 0 atom stereocenters. The molecule has 3 nitrogen and oxygen atoms in total. The largest absolute Gasteiger partial charge is 0.456 e. The third kappa shape index (κ3) is 3.71. The molecule has 0 saturated heterocycles. The minimum absolute atomic E-state index is 0.880. The lowest BCUT2D eigenvalue weighted by Crippen LogP contribution is -2.10. The van der Waals surface area contributed by atoms with Crippen LogP contribution in [0.5, 0.6) is 0 Å². The van der Waals surface area contributed by atoms with Crippen molar-refractivity contribution in [3.05, 3.63) is 158 Å². The van der Waals surface area contributed by atoms with Crippen molar-refractivity contribution in [3.63, 3.8) is 0 Å². The van der Waals surface area contributed by atoms with Crippen molar-refractivity contribution in [2.45, 2.75) is 0 Å². The van der Waals surface area contributed by atoms with E-state index < -0.39 is 0 Å². The molecule has 0 aliphatic rings. The number of hydrogen-bond acceptors (Lipinski definition) is 3. The lowest BCUT2D eigenvalue weighted by molar-refractivity contribution is 0.669. The molecule has 0 spiro atoms. The molecule has 0 radical (unpaired) electrons. The van der Waals surface area contributed by atoms with E-state index in [0.717, 1.165) is 44.7 Å². The average Bonchev–Trinajstić information content (AvgIpc) is 3.78. The molecule has 46 heavy (non-hydrogen) atoms. The quantitative estimate of drug-likeness (QED) is 0.199. The number of rotatable bonds is 4. The van der Waals surface area contributed by atoms with Gasteiger partial charge in [0.25, 0.3) is 0 Å². The Morgan fingerprint density at radius 1 is 0.457 bits per heavy atom. The van der Waals surface area contributed by atoms with Gasteiger partial charge >= 0.3 is 0 Å². The highest BCUT2D eigenvalue weighted by atomic mass is 32.1. The fourth-order valence-corrected chi connectivity index (χ4v) is 8.26. The zero-order valence-electron chi connectivity index (χ0n) is 24.7. The predicted molar refractivity (Wildman–Crippen MR) is 196 cm³/mol. The molecule has 0 unspecified atom stereocenters. The number of fused-ring (bicyclic) bond motifs is 9. The van der Waals surface area contributed by atoms with Gasteiger partial charge in [-0.3, -0.25) is 0 Å². The molecule has 0 bridgehead atoms. The van der Waals surface area contributed by atoms with Crippen LogP contribution in [0.2, 0.25) is 0 Å². The molecule has 216 valence electrons. The summed E-state index contributed by atoms with van der Waals surface area (Å²) in [5, 5.41) is 7.25. The number of para-hydroxylation sites is 3. The summed E-state index contributed by atoms with van der Waals surface area (Å²) in [7, 11) is 0. The Morgan fingerprint density at radius 2 is 1.13 bits per heavy atom. The van der Waals surface area contributed by atoms with Crippen LogP contribution in [0.4, 0.5) is 17.1 Å². The van der Waals surface area contributed by atoms with E-state index in [1.165, 1.54) is 42.0 Å². The van der Waals surface area contributed by atoms with Crippen molar-refractivity contribution < 1.29 is 4.42 Å². The first-order valence-corrected chi connectivity index (χ1v) is 16.3. The van der Waals surface area contributed by atoms with Crippen molar-refractivity contribution >= 4 is 92.3 Å². The van der Waals surface area contributed by atoms with Gasteiger partial charge in [0.2, 0.25) is 0 Å². The molecule has 10 aromatic rings. The minimum atomic E-state index is 0.880. The highest BCUT2D eigenvalue weighted by Gasteiger charge is 2.22. The average molecular weight is 607 g/mol. The molecule has 7 aromatic carbocycles. The summed E-state index contributed by atoms with van der Waals surface area (Å²) in [6, 6.07) is 56.6. The number of furan rings is 1. The number of thiophene rings is 1. The van der Waals surface area contributed by atoms with Gasteiger partial charge in [-0.05, 0) is 72.8 Å². The molecule has 0 aliphatic carbocycles. The van der Waals surface area contributed by atoms with Crippen LogP contribution in [0, 0.1) is 0 Å². The monoisotopic (exact) mass is 606 g/mol. The van der Waals surface area contributed by atoms with E-state index in [2.05, 4.69) is 161 Å². The molecule has 10 rings (SSSR count). The molecule has 0 aliphatic heterocycles. The van der Waals surface area contributed by atoms with E-state index in [9.17, 15) is 0 Å². The summed E-state index contributed by atoms with van der Waals surface area (Å²) in [4.78, 5) is 2.41. The van der Waals surface area contributed by atoms with Gasteiger partial charge in [-0.15, -0.1) is 11.3 Å². The topological polar surface area (TPSA) is 21.3 Å². The summed E-state index contributed by atoms with van der Waals surface area (Å²) < 4.78 is 11.4. The predicted octanol–water partition coefficient (Wildman–Crippen LogP) is 12.5. The minimum Gasteiger partial charge on any atom is -0.456 e. The van der Waals surface area contributed by atoms with Crippen LogP contribution in [-0.2, 0) is 0 Å². The van der Waals surface area contributed by atoms with Gasteiger partial charge in [-0.2, -0.15) is 0 Å². The number of nitrogens with zero attached hydrogens (tertiary/aromatic N) is 2. The number of benzene rings is 7. The van der Waals surface area contributed by atoms with Gasteiger partial charge in [0, 0.05) is 53.4 Å². The van der Waals surface area contributed by atoms with E-state index >= 15 is 0 Å². The zero-order valence-corrected chi connectivity index (χ0v) is 25.5. The Balaban J connectivity index is 1.30. The lowest BCUT2D eigenvalue weighted by atomic mass is 10.1. The van der Waals surface area contributed by atoms with Crippen LogP contribution in [-0.4, -0.2) is 4.57 Å². The molecule has 3 heterocycles. The first kappa shape index (κ1) is 25.5. The van der Waals surface area contributed by atoms with Crippen LogP contribution < -0.4 is 4.90 Å². The number of hydrogen-bond donors (Lipinski definition) is 0. The summed E-state index contributed by atoms with van der Waals surface area (Å²) in [6.07, 6.45) is 0. The molecule has 0 saturated carbocycles. The Bertz CT molecular complexity index is 2770. The van der Waals surface area contributed by atoms with Gasteiger partial charge in [-0.1, -0.05) is 84.9 Å². The second-order valence-corrected chi connectivity index (χ2v) is 12.8. The molecule has 3 aromatic heterocycles. The third-order valence-electron chi connectivity index (χ3n) is 9.17. The molecular weight excluding hydrogens is 581 g/mol. The number of anilines is 3. The summed E-state index contributed by atoms with van der Waals surface area (Å²) in [5.74, 6) is 0. The van der Waals surface area contributed by atoms with E-state index in [-0.39, 0.29) is 0 Å². The molecule has 4 heteroatoms. The van der Waals surface area contributed by atoms with Crippen molar-refractivity contribution in [1.82, 2.24) is 4.57 Å². The standard InChI is InChI=1S/C42H26N2OS/c1-2-11-27(12-3-1)44-35-16-7-4-13-30(35)31-23-21-29(26-37(31)44)43(28-22-24-41-34(25-28)32-14-6-9-20-40(32)46-41)36-17-10-19-39-42(36)33-15-5-8-18-38(33)45-39/h1-26H. The van der Waals surface area contributed by atoms with Crippen molar-refractivity contribution in [2.24, 2.45) is 0 Å².